The van der Waals surface area contributed by atoms with Crippen LogP contribution in [-0.4, -0.2) is 30.3 Å². The number of nitrogens with zero attached hydrogens (tertiary/aromatic N) is 1. The summed E-state index contributed by atoms with van der Waals surface area (Å²) < 4.78 is 10.7. The zero-order valence-electron chi connectivity index (χ0n) is 13.1. The van der Waals surface area contributed by atoms with Crippen LogP contribution in [0.2, 0.25) is 0 Å². The zero-order chi connectivity index (χ0) is 16.2. The van der Waals surface area contributed by atoms with Crippen molar-refractivity contribution in [3.8, 4) is 22.1 Å². The lowest BCUT2D eigenvalue weighted by molar-refractivity contribution is -0.120. The normalized spacial score (nSPS) is 12.7. The van der Waals surface area contributed by atoms with E-state index in [4.69, 9.17) is 9.47 Å². The maximum Gasteiger partial charge on any atom is 0.234 e. The van der Waals surface area contributed by atoms with E-state index in [-0.39, 0.29) is 25.3 Å². The van der Waals surface area contributed by atoms with Crippen LogP contribution in [0.15, 0.2) is 23.6 Å². The number of rotatable bonds is 6. The van der Waals surface area contributed by atoms with Crippen LogP contribution in [0, 0.1) is 0 Å². The fourth-order valence-electron chi connectivity index (χ4n) is 2.23. The van der Waals surface area contributed by atoms with E-state index in [1.54, 1.807) is 11.3 Å². The highest BCUT2D eigenvalue weighted by molar-refractivity contribution is 7.13. The monoisotopic (exact) mass is 333 g/mol. The molecule has 0 unspecified atom stereocenters. The number of ether oxygens (including phenoxy) is 2. The Bertz CT molecular complexity index is 700. The molecule has 1 aliphatic rings. The van der Waals surface area contributed by atoms with Gasteiger partial charge >= 0.3 is 0 Å². The smallest absolute Gasteiger partial charge is 0.234 e. The Morgan fingerprint density at radius 1 is 1.35 bits per heavy atom. The van der Waals surface area contributed by atoms with Gasteiger partial charge in [0.05, 0.1) is 12.2 Å². The second-order valence-electron chi connectivity index (χ2n) is 5.54. The molecule has 1 aromatic carbocycles. The van der Waals surface area contributed by atoms with Crippen LogP contribution in [0.5, 0.6) is 11.5 Å². The summed E-state index contributed by atoms with van der Waals surface area (Å²) in [4.78, 5) is 16.2. The number of nitrogens with one attached hydrogen (secondary N) is 2. The van der Waals surface area contributed by atoms with Gasteiger partial charge in [-0.2, -0.15) is 0 Å². The SMILES string of the molecule is CC(C)NC(=O)CNCc1csc(-c2ccc3c(c2)OCO3)n1. The fraction of sp³-hybridized carbons (Fsp3) is 0.375. The van der Waals surface area contributed by atoms with E-state index in [1.807, 2.05) is 37.4 Å². The summed E-state index contributed by atoms with van der Waals surface area (Å²) in [7, 11) is 0. The molecule has 1 aliphatic heterocycles. The molecular weight excluding hydrogens is 314 g/mol. The third-order valence-electron chi connectivity index (χ3n) is 3.21. The third kappa shape index (κ3) is 4.00. The van der Waals surface area contributed by atoms with Gasteiger partial charge in [-0.3, -0.25) is 4.79 Å². The van der Waals surface area contributed by atoms with Gasteiger partial charge in [-0.25, -0.2) is 4.98 Å². The second-order valence-corrected chi connectivity index (χ2v) is 6.40. The Hall–Kier alpha value is -2.12. The van der Waals surface area contributed by atoms with Crippen LogP contribution in [0.25, 0.3) is 10.6 Å². The Morgan fingerprint density at radius 2 is 2.17 bits per heavy atom. The summed E-state index contributed by atoms with van der Waals surface area (Å²) in [6.07, 6.45) is 0. The summed E-state index contributed by atoms with van der Waals surface area (Å²) >= 11 is 1.57. The Labute approximate surface area is 138 Å². The van der Waals surface area contributed by atoms with Crippen molar-refractivity contribution in [2.45, 2.75) is 26.4 Å². The number of benzene rings is 1. The number of fused-ring (bicyclic) bond motifs is 1. The molecule has 2 aromatic rings. The highest BCUT2D eigenvalue weighted by Gasteiger charge is 2.15. The molecule has 0 saturated heterocycles. The van der Waals surface area contributed by atoms with Crippen molar-refractivity contribution in [3.05, 3.63) is 29.3 Å². The molecule has 6 nitrogen and oxygen atoms in total. The molecule has 0 spiro atoms. The highest BCUT2D eigenvalue weighted by Crippen LogP contribution is 2.36. The summed E-state index contributed by atoms with van der Waals surface area (Å²) in [6, 6.07) is 5.96. The Morgan fingerprint density at radius 3 is 3.00 bits per heavy atom. The van der Waals surface area contributed by atoms with Crippen LogP contribution in [0.1, 0.15) is 19.5 Å². The first kappa shape index (κ1) is 15.8. The summed E-state index contributed by atoms with van der Waals surface area (Å²) in [5.41, 5.74) is 1.92. The van der Waals surface area contributed by atoms with Crippen molar-refractivity contribution in [1.82, 2.24) is 15.6 Å². The maximum atomic E-state index is 11.6. The molecule has 1 aromatic heterocycles. The molecule has 2 N–H and O–H groups in total. The summed E-state index contributed by atoms with van der Waals surface area (Å²) in [6.45, 7) is 5.00. The number of amides is 1. The zero-order valence-corrected chi connectivity index (χ0v) is 13.9. The van der Waals surface area contributed by atoms with E-state index in [0.717, 1.165) is 27.8 Å². The molecule has 0 saturated carbocycles. The average Bonchev–Trinajstić information content (AvgIpc) is 3.14. The van der Waals surface area contributed by atoms with Crippen molar-refractivity contribution in [1.29, 1.82) is 0 Å². The van der Waals surface area contributed by atoms with Crippen molar-refractivity contribution in [2.24, 2.45) is 0 Å². The van der Waals surface area contributed by atoms with E-state index >= 15 is 0 Å². The van der Waals surface area contributed by atoms with Gasteiger partial charge in [0, 0.05) is 23.5 Å². The average molecular weight is 333 g/mol. The highest BCUT2D eigenvalue weighted by atomic mass is 32.1. The van der Waals surface area contributed by atoms with Gasteiger partial charge in [-0.15, -0.1) is 11.3 Å². The van der Waals surface area contributed by atoms with Crippen molar-refractivity contribution < 1.29 is 14.3 Å². The quantitative estimate of drug-likeness (QED) is 0.847. The van der Waals surface area contributed by atoms with Crippen molar-refractivity contribution in [3.63, 3.8) is 0 Å². The van der Waals surface area contributed by atoms with E-state index in [9.17, 15) is 4.79 Å². The fourth-order valence-corrected chi connectivity index (χ4v) is 3.04. The minimum atomic E-state index is -0.00813. The number of hydrogen-bond acceptors (Lipinski definition) is 6. The second kappa shape index (κ2) is 6.97. The summed E-state index contributed by atoms with van der Waals surface area (Å²) in [5, 5.41) is 8.86. The number of aromatic nitrogens is 1. The Kier molecular flexibility index (Phi) is 4.78. The van der Waals surface area contributed by atoms with Crippen LogP contribution in [-0.2, 0) is 11.3 Å². The summed E-state index contributed by atoms with van der Waals surface area (Å²) in [5.74, 6) is 1.51. The van der Waals surface area contributed by atoms with Crippen molar-refractivity contribution >= 4 is 17.2 Å². The lowest BCUT2D eigenvalue weighted by atomic mass is 10.2. The minimum Gasteiger partial charge on any atom is -0.454 e. The topological polar surface area (TPSA) is 72.5 Å². The molecular formula is C16H19N3O3S. The molecule has 0 bridgehead atoms. The van der Waals surface area contributed by atoms with E-state index < -0.39 is 0 Å². The van der Waals surface area contributed by atoms with Gasteiger partial charge in [-0.1, -0.05) is 0 Å². The molecule has 0 aliphatic carbocycles. The lowest BCUT2D eigenvalue weighted by Gasteiger charge is -2.08. The molecule has 2 heterocycles. The van der Waals surface area contributed by atoms with E-state index in [2.05, 4.69) is 15.6 Å². The predicted molar refractivity (Wildman–Crippen MR) is 88.7 cm³/mol. The largest absolute Gasteiger partial charge is 0.454 e. The molecule has 122 valence electrons. The van der Waals surface area contributed by atoms with Gasteiger partial charge < -0.3 is 20.1 Å². The third-order valence-corrected chi connectivity index (χ3v) is 4.15. The molecule has 0 radical (unpaired) electrons. The number of thiazole rings is 1. The molecule has 1 amide bonds. The van der Waals surface area contributed by atoms with Gasteiger partial charge in [0.15, 0.2) is 11.5 Å². The lowest BCUT2D eigenvalue weighted by Crippen LogP contribution is -2.37. The Balaban J connectivity index is 1.57. The number of carbonyl (C=O) groups is 1. The van der Waals surface area contributed by atoms with Crippen molar-refractivity contribution in [2.75, 3.05) is 13.3 Å². The standard InChI is InChI=1S/C16H19N3O3S/c1-10(2)18-15(20)7-17-6-12-8-23-16(19-12)11-3-4-13-14(5-11)22-9-21-13/h3-5,8,10,17H,6-7,9H2,1-2H3,(H,18,20). The van der Waals surface area contributed by atoms with Crippen LogP contribution < -0.4 is 20.1 Å². The molecule has 0 atom stereocenters. The number of hydrogen-bond donors (Lipinski definition) is 2. The predicted octanol–water partition coefficient (Wildman–Crippen LogP) is 2.15. The van der Waals surface area contributed by atoms with Crippen LogP contribution in [0.3, 0.4) is 0 Å². The molecule has 3 rings (SSSR count). The van der Waals surface area contributed by atoms with Gasteiger partial charge in [0.1, 0.15) is 5.01 Å². The number of carbonyl (C=O) groups excluding carboxylic acids is 1. The van der Waals surface area contributed by atoms with Gasteiger partial charge in [-0.05, 0) is 32.0 Å². The van der Waals surface area contributed by atoms with E-state index in [0.29, 0.717) is 6.54 Å². The molecule has 7 heteroatoms. The maximum absolute atomic E-state index is 11.6. The minimum absolute atomic E-state index is 0.00813. The van der Waals surface area contributed by atoms with E-state index in [1.165, 1.54) is 0 Å². The first-order valence-corrected chi connectivity index (χ1v) is 8.34. The van der Waals surface area contributed by atoms with Crippen LogP contribution in [0.4, 0.5) is 0 Å². The first-order chi connectivity index (χ1) is 11.1. The van der Waals surface area contributed by atoms with Gasteiger partial charge in [0.2, 0.25) is 12.7 Å². The van der Waals surface area contributed by atoms with Crippen LogP contribution >= 0.6 is 11.3 Å². The molecule has 0 fully saturated rings. The van der Waals surface area contributed by atoms with Gasteiger partial charge in [0.25, 0.3) is 0 Å². The molecule has 23 heavy (non-hydrogen) atoms. The first-order valence-electron chi connectivity index (χ1n) is 7.46.